The zero-order valence-electron chi connectivity index (χ0n) is 14.3. The first kappa shape index (κ1) is 15.4. The third kappa shape index (κ3) is 2.96. The minimum Gasteiger partial charge on any atom is -0.341 e. The van der Waals surface area contributed by atoms with Crippen LogP contribution < -0.4 is 0 Å². The Morgan fingerprint density at radius 2 is 2.12 bits per heavy atom. The van der Waals surface area contributed by atoms with E-state index in [2.05, 4.69) is 56.8 Å². The van der Waals surface area contributed by atoms with Gasteiger partial charge in [0.05, 0.1) is 17.1 Å². The molecule has 24 heavy (non-hydrogen) atoms. The summed E-state index contributed by atoms with van der Waals surface area (Å²) < 4.78 is 2.28. The van der Waals surface area contributed by atoms with Crippen LogP contribution in [0.3, 0.4) is 0 Å². The molecule has 4 rings (SSSR count). The maximum absolute atomic E-state index is 4.85. The van der Waals surface area contributed by atoms with Crippen molar-refractivity contribution < 1.29 is 0 Å². The van der Waals surface area contributed by atoms with Gasteiger partial charge in [-0.3, -0.25) is 4.90 Å². The summed E-state index contributed by atoms with van der Waals surface area (Å²) in [5.41, 5.74) is 2.21. The molecule has 1 aromatic carbocycles. The molecule has 0 spiro atoms. The zero-order valence-corrected chi connectivity index (χ0v) is 14.3. The maximum atomic E-state index is 4.85. The lowest BCUT2D eigenvalue weighted by atomic mass is 10.0. The van der Waals surface area contributed by atoms with Crippen molar-refractivity contribution in [3.05, 3.63) is 48.3 Å². The van der Waals surface area contributed by atoms with E-state index in [1.807, 2.05) is 6.20 Å². The third-order valence-electron chi connectivity index (χ3n) is 5.08. The first-order chi connectivity index (χ1) is 11.8. The molecule has 0 saturated carbocycles. The summed E-state index contributed by atoms with van der Waals surface area (Å²) in [6, 6.07) is 8.71. The molecular weight excluding hydrogens is 298 g/mol. The van der Waals surface area contributed by atoms with Crippen LogP contribution in [0.25, 0.3) is 11.0 Å². The third-order valence-corrected chi connectivity index (χ3v) is 5.08. The fourth-order valence-corrected chi connectivity index (χ4v) is 3.79. The van der Waals surface area contributed by atoms with Gasteiger partial charge < -0.3 is 9.55 Å². The van der Waals surface area contributed by atoms with Gasteiger partial charge in [0.15, 0.2) is 0 Å². The van der Waals surface area contributed by atoms with Crippen molar-refractivity contribution in [3.63, 3.8) is 0 Å². The Morgan fingerprint density at radius 1 is 1.21 bits per heavy atom. The zero-order chi connectivity index (χ0) is 16.4. The van der Waals surface area contributed by atoms with E-state index >= 15 is 0 Å². The minimum absolute atomic E-state index is 0.403. The molecule has 1 N–H and O–H groups in total. The highest BCUT2D eigenvalue weighted by Gasteiger charge is 2.26. The molecule has 5 nitrogen and oxygen atoms in total. The van der Waals surface area contributed by atoms with Gasteiger partial charge in [-0.1, -0.05) is 25.5 Å². The summed E-state index contributed by atoms with van der Waals surface area (Å²) in [6.07, 6.45) is 8.74. The Bertz CT molecular complexity index is 770. The van der Waals surface area contributed by atoms with Crippen molar-refractivity contribution in [3.8, 4) is 0 Å². The van der Waals surface area contributed by atoms with Gasteiger partial charge in [-0.2, -0.15) is 0 Å². The molecule has 1 aliphatic rings. The summed E-state index contributed by atoms with van der Waals surface area (Å²) in [4.78, 5) is 15.4. The molecular formula is C19H25N5. The molecule has 0 radical (unpaired) electrons. The Hall–Kier alpha value is -2.14. The number of hydrogen-bond acceptors (Lipinski definition) is 3. The van der Waals surface area contributed by atoms with Crippen molar-refractivity contribution >= 4 is 11.0 Å². The van der Waals surface area contributed by atoms with Gasteiger partial charge in [0, 0.05) is 31.9 Å². The predicted octanol–water partition coefficient (Wildman–Crippen LogP) is 3.55. The molecule has 1 aliphatic heterocycles. The molecule has 0 unspecified atom stereocenters. The lowest BCUT2D eigenvalue weighted by Crippen LogP contribution is -2.36. The Balaban J connectivity index is 1.52. The molecule has 3 aromatic rings. The topological polar surface area (TPSA) is 49.7 Å². The second kappa shape index (κ2) is 6.77. The number of para-hydroxylation sites is 2. The van der Waals surface area contributed by atoms with Crippen LogP contribution in [0.5, 0.6) is 0 Å². The minimum atomic E-state index is 0.403. The van der Waals surface area contributed by atoms with Crippen LogP contribution in [0, 0.1) is 0 Å². The molecule has 3 heterocycles. The number of nitrogens with zero attached hydrogens (tertiary/aromatic N) is 4. The molecule has 1 saturated heterocycles. The highest BCUT2D eigenvalue weighted by atomic mass is 15.2. The van der Waals surface area contributed by atoms with Crippen LogP contribution in [0.1, 0.15) is 43.9 Å². The molecule has 126 valence electrons. The van der Waals surface area contributed by atoms with Crippen LogP contribution in [0.4, 0.5) is 0 Å². The monoisotopic (exact) mass is 323 g/mol. The molecule has 0 bridgehead atoms. The first-order valence-electron chi connectivity index (χ1n) is 9.04. The van der Waals surface area contributed by atoms with Crippen molar-refractivity contribution in [2.45, 2.75) is 45.2 Å². The summed E-state index contributed by atoms with van der Waals surface area (Å²) in [5.74, 6) is 2.30. The number of likely N-dealkylation sites (tertiary alicyclic amines) is 1. The highest BCUT2D eigenvalue weighted by Crippen LogP contribution is 2.30. The number of aromatic amines is 1. The number of aromatic nitrogens is 4. The maximum Gasteiger partial charge on any atom is 0.124 e. The van der Waals surface area contributed by atoms with Gasteiger partial charge in [-0.05, 0) is 31.5 Å². The largest absolute Gasteiger partial charge is 0.341 e. The van der Waals surface area contributed by atoms with E-state index in [-0.39, 0.29) is 0 Å². The smallest absolute Gasteiger partial charge is 0.124 e. The summed E-state index contributed by atoms with van der Waals surface area (Å²) in [6.45, 7) is 5.36. The fraction of sp³-hybridized carbons (Fsp3) is 0.474. The van der Waals surface area contributed by atoms with Gasteiger partial charge in [0.1, 0.15) is 11.6 Å². The predicted molar refractivity (Wildman–Crippen MR) is 95.9 cm³/mol. The number of nitrogens with one attached hydrogen (secondary N) is 1. The SMILES string of the molecule is CCc1nccn1CCN1CCCC[C@H]1c1nc2ccccc2[nH]1. The second-order valence-corrected chi connectivity index (χ2v) is 6.58. The standard InChI is InChI=1S/C19H25N5/c1-2-18-20-10-12-24(18)14-13-23-11-6-5-9-17(23)19-21-15-7-3-4-8-16(15)22-19/h3-4,7-8,10,12,17H,2,5-6,9,11,13-14H2,1H3,(H,21,22)/t17-/m0/s1. The quantitative estimate of drug-likeness (QED) is 0.781. The number of hydrogen-bond donors (Lipinski definition) is 1. The fourth-order valence-electron chi connectivity index (χ4n) is 3.79. The summed E-state index contributed by atoms with van der Waals surface area (Å²) >= 11 is 0. The summed E-state index contributed by atoms with van der Waals surface area (Å²) in [5, 5.41) is 0. The number of rotatable bonds is 5. The van der Waals surface area contributed by atoms with Crippen LogP contribution in [-0.2, 0) is 13.0 Å². The Morgan fingerprint density at radius 3 is 3.00 bits per heavy atom. The van der Waals surface area contributed by atoms with E-state index in [9.17, 15) is 0 Å². The van der Waals surface area contributed by atoms with Gasteiger partial charge in [-0.15, -0.1) is 0 Å². The molecule has 0 aliphatic carbocycles. The van der Waals surface area contributed by atoms with E-state index in [0.717, 1.165) is 42.9 Å². The van der Waals surface area contributed by atoms with Gasteiger partial charge in [0.2, 0.25) is 0 Å². The van der Waals surface area contributed by atoms with Gasteiger partial charge in [0.25, 0.3) is 0 Å². The van der Waals surface area contributed by atoms with Crippen molar-refractivity contribution in [2.75, 3.05) is 13.1 Å². The lowest BCUT2D eigenvalue weighted by Gasteiger charge is -2.34. The van der Waals surface area contributed by atoms with Crippen molar-refractivity contribution in [2.24, 2.45) is 0 Å². The normalized spacial score (nSPS) is 19.1. The summed E-state index contributed by atoms with van der Waals surface area (Å²) in [7, 11) is 0. The van der Waals surface area contributed by atoms with Crippen LogP contribution in [0.15, 0.2) is 36.7 Å². The number of fused-ring (bicyclic) bond motifs is 1. The lowest BCUT2D eigenvalue weighted by molar-refractivity contribution is 0.137. The van der Waals surface area contributed by atoms with Crippen molar-refractivity contribution in [1.29, 1.82) is 0 Å². The number of imidazole rings is 2. The number of piperidine rings is 1. The average Bonchev–Trinajstić information content (AvgIpc) is 3.26. The Kier molecular flexibility index (Phi) is 4.34. The van der Waals surface area contributed by atoms with Gasteiger partial charge in [-0.25, -0.2) is 9.97 Å². The molecule has 1 fully saturated rings. The Labute approximate surface area is 142 Å². The van der Waals surface area contributed by atoms with Gasteiger partial charge >= 0.3 is 0 Å². The van der Waals surface area contributed by atoms with E-state index < -0.39 is 0 Å². The van der Waals surface area contributed by atoms with Crippen molar-refractivity contribution in [1.82, 2.24) is 24.4 Å². The number of benzene rings is 1. The molecule has 2 aromatic heterocycles. The van der Waals surface area contributed by atoms with E-state index in [4.69, 9.17) is 4.98 Å². The van der Waals surface area contributed by atoms with Crippen LogP contribution in [0.2, 0.25) is 0 Å². The van der Waals surface area contributed by atoms with E-state index in [1.165, 1.54) is 25.1 Å². The molecule has 1 atom stereocenters. The highest BCUT2D eigenvalue weighted by molar-refractivity contribution is 5.74. The molecule has 0 amide bonds. The van der Waals surface area contributed by atoms with Crippen LogP contribution in [-0.4, -0.2) is 37.5 Å². The second-order valence-electron chi connectivity index (χ2n) is 6.58. The number of H-pyrrole nitrogens is 1. The first-order valence-corrected chi connectivity index (χ1v) is 9.04. The van der Waals surface area contributed by atoms with E-state index in [1.54, 1.807) is 0 Å². The molecule has 5 heteroatoms. The van der Waals surface area contributed by atoms with Crippen LogP contribution >= 0.6 is 0 Å². The number of aryl methyl sites for hydroxylation is 1. The average molecular weight is 323 g/mol. The van der Waals surface area contributed by atoms with E-state index in [0.29, 0.717) is 6.04 Å².